The topological polar surface area (TPSA) is 93.7 Å². The van der Waals surface area contributed by atoms with Gasteiger partial charge in [0.1, 0.15) is 5.00 Å². The molecule has 2 aromatic rings. The van der Waals surface area contributed by atoms with Gasteiger partial charge < -0.3 is 14.8 Å². The molecule has 2 N–H and O–H groups in total. The molecule has 1 aromatic carbocycles. The van der Waals surface area contributed by atoms with Crippen molar-refractivity contribution in [3.63, 3.8) is 0 Å². The van der Waals surface area contributed by atoms with Crippen LogP contribution < -0.4 is 10.6 Å². The Kier molecular flexibility index (Phi) is 6.74. The first kappa shape index (κ1) is 19.5. The number of esters is 2. The van der Waals surface area contributed by atoms with Gasteiger partial charge in [0.15, 0.2) is 0 Å². The SMILES string of the molecule is CCOC(=O)c1ccc(NC(=O)Nc2scc(C)c2C(=O)OCC)cc1. The number of hydrogen-bond donors (Lipinski definition) is 2. The van der Waals surface area contributed by atoms with E-state index in [1.54, 1.807) is 50.4 Å². The standard InChI is InChI=1S/C18H20N2O5S/c1-4-24-16(21)12-6-8-13(9-7-12)19-18(23)20-15-14(11(3)10-26-15)17(22)25-5-2/h6-10H,4-5H2,1-3H3,(H2,19,20,23). The molecular weight excluding hydrogens is 356 g/mol. The lowest BCUT2D eigenvalue weighted by atomic mass is 10.2. The van der Waals surface area contributed by atoms with Gasteiger partial charge in [0.25, 0.3) is 0 Å². The molecule has 0 bridgehead atoms. The summed E-state index contributed by atoms with van der Waals surface area (Å²) < 4.78 is 9.92. The van der Waals surface area contributed by atoms with Crippen molar-refractivity contribution in [2.75, 3.05) is 23.8 Å². The number of thiophene rings is 1. The lowest BCUT2D eigenvalue weighted by Crippen LogP contribution is -2.20. The molecule has 8 heteroatoms. The molecule has 0 unspecified atom stereocenters. The average Bonchev–Trinajstić information content (AvgIpc) is 2.96. The highest BCUT2D eigenvalue weighted by molar-refractivity contribution is 7.15. The fourth-order valence-corrected chi connectivity index (χ4v) is 3.09. The van der Waals surface area contributed by atoms with Crippen molar-refractivity contribution in [3.05, 3.63) is 46.3 Å². The van der Waals surface area contributed by atoms with E-state index in [-0.39, 0.29) is 6.61 Å². The van der Waals surface area contributed by atoms with Crippen LogP contribution in [0.1, 0.15) is 40.1 Å². The number of benzene rings is 1. The van der Waals surface area contributed by atoms with E-state index < -0.39 is 18.0 Å². The zero-order valence-electron chi connectivity index (χ0n) is 14.8. The van der Waals surface area contributed by atoms with Crippen LogP contribution >= 0.6 is 11.3 Å². The maximum atomic E-state index is 12.2. The largest absolute Gasteiger partial charge is 0.462 e. The van der Waals surface area contributed by atoms with Gasteiger partial charge in [-0.05, 0) is 56.0 Å². The van der Waals surface area contributed by atoms with Crippen LogP contribution in [0, 0.1) is 6.92 Å². The average molecular weight is 376 g/mol. The number of amides is 2. The molecule has 26 heavy (non-hydrogen) atoms. The number of hydrogen-bond acceptors (Lipinski definition) is 6. The molecule has 0 fully saturated rings. The molecule has 7 nitrogen and oxygen atoms in total. The predicted octanol–water partition coefficient (Wildman–Crippen LogP) is 4.05. The summed E-state index contributed by atoms with van der Waals surface area (Å²) in [6.07, 6.45) is 0. The molecule has 0 saturated carbocycles. The smallest absolute Gasteiger partial charge is 0.341 e. The number of rotatable bonds is 6. The number of carbonyl (C=O) groups is 3. The van der Waals surface area contributed by atoms with E-state index in [2.05, 4.69) is 10.6 Å². The molecule has 0 aliphatic heterocycles. The highest BCUT2D eigenvalue weighted by atomic mass is 32.1. The number of anilines is 2. The fourth-order valence-electron chi connectivity index (χ4n) is 2.16. The molecule has 2 amide bonds. The summed E-state index contributed by atoms with van der Waals surface area (Å²) >= 11 is 1.25. The van der Waals surface area contributed by atoms with Gasteiger partial charge in [-0.15, -0.1) is 11.3 Å². The molecule has 0 aliphatic carbocycles. The summed E-state index contributed by atoms with van der Waals surface area (Å²) in [5, 5.41) is 7.49. The summed E-state index contributed by atoms with van der Waals surface area (Å²) in [6.45, 7) is 5.78. The Balaban J connectivity index is 2.03. The Morgan fingerprint density at radius 2 is 1.58 bits per heavy atom. The summed E-state index contributed by atoms with van der Waals surface area (Å²) in [7, 11) is 0. The number of urea groups is 1. The molecular formula is C18H20N2O5S. The minimum atomic E-state index is -0.499. The van der Waals surface area contributed by atoms with E-state index in [1.165, 1.54) is 11.3 Å². The van der Waals surface area contributed by atoms with Crippen LogP contribution in [0.4, 0.5) is 15.5 Å². The molecule has 1 heterocycles. The van der Waals surface area contributed by atoms with Gasteiger partial charge in [-0.1, -0.05) is 0 Å². The van der Waals surface area contributed by atoms with Crippen LogP contribution in [-0.4, -0.2) is 31.2 Å². The zero-order chi connectivity index (χ0) is 19.1. The van der Waals surface area contributed by atoms with Gasteiger partial charge in [0.2, 0.25) is 0 Å². The van der Waals surface area contributed by atoms with Crippen molar-refractivity contribution < 1.29 is 23.9 Å². The number of ether oxygens (including phenoxy) is 2. The van der Waals surface area contributed by atoms with E-state index in [4.69, 9.17) is 9.47 Å². The van der Waals surface area contributed by atoms with Crippen LogP contribution in [0.15, 0.2) is 29.6 Å². The molecule has 2 rings (SSSR count). The summed E-state index contributed by atoms with van der Waals surface area (Å²) in [5.74, 6) is -0.892. The van der Waals surface area contributed by atoms with Crippen LogP contribution in [0.5, 0.6) is 0 Å². The van der Waals surface area contributed by atoms with E-state index in [1.807, 2.05) is 0 Å². The van der Waals surface area contributed by atoms with E-state index in [0.717, 1.165) is 5.56 Å². The third kappa shape index (κ3) is 4.82. The molecule has 1 aromatic heterocycles. The normalized spacial score (nSPS) is 10.1. The van der Waals surface area contributed by atoms with Crippen LogP contribution in [0.3, 0.4) is 0 Å². The van der Waals surface area contributed by atoms with Crippen molar-refractivity contribution in [1.82, 2.24) is 0 Å². The second kappa shape index (κ2) is 9.00. The van der Waals surface area contributed by atoms with Gasteiger partial charge in [-0.3, -0.25) is 5.32 Å². The van der Waals surface area contributed by atoms with Gasteiger partial charge in [0.05, 0.1) is 24.3 Å². The van der Waals surface area contributed by atoms with E-state index >= 15 is 0 Å². The lowest BCUT2D eigenvalue weighted by molar-refractivity contribution is 0.0517. The quantitative estimate of drug-likeness (QED) is 0.742. The number of aryl methyl sites for hydroxylation is 1. The fraction of sp³-hybridized carbons (Fsp3) is 0.278. The number of nitrogens with one attached hydrogen (secondary N) is 2. The summed E-state index contributed by atoms with van der Waals surface area (Å²) in [5.41, 5.74) is 1.99. The second-order valence-corrected chi connectivity index (χ2v) is 6.10. The van der Waals surface area contributed by atoms with Crippen LogP contribution in [0.25, 0.3) is 0 Å². The highest BCUT2D eigenvalue weighted by Crippen LogP contribution is 2.28. The van der Waals surface area contributed by atoms with Crippen LogP contribution in [-0.2, 0) is 9.47 Å². The molecule has 0 saturated heterocycles. The van der Waals surface area contributed by atoms with E-state index in [0.29, 0.717) is 28.4 Å². The van der Waals surface area contributed by atoms with Crippen molar-refractivity contribution >= 4 is 40.0 Å². The summed E-state index contributed by atoms with van der Waals surface area (Å²) in [6, 6.07) is 5.82. The van der Waals surface area contributed by atoms with E-state index in [9.17, 15) is 14.4 Å². The van der Waals surface area contributed by atoms with Gasteiger partial charge in [-0.2, -0.15) is 0 Å². The Morgan fingerprint density at radius 1 is 0.962 bits per heavy atom. The van der Waals surface area contributed by atoms with Crippen molar-refractivity contribution in [3.8, 4) is 0 Å². The maximum Gasteiger partial charge on any atom is 0.341 e. The predicted molar refractivity (Wildman–Crippen MR) is 100 cm³/mol. The summed E-state index contributed by atoms with van der Waals surface area (Å²) in [4.78, 5) is 35.8. The van der Waals surface area contributed by atoms with Crippen molar-refractivity contribution in [2.45, 2.75) is 20.8 Å². The Labute approximate surface area is 155 Å². The molecule has 0 atom stereocenters. The molecule has 138 valence electrons. The lowest BCUT2D eigenvalue weighted by Gasteiger charge is -2.09. The first-order chi connectivity index (χ1) is 12.5. The van der Waals surface area contributed by atoms with Gasteiger partial charge >= 0.3 is 18.0 Å². The Morgan fingerprint density at radius 3 is 2.19 bits per heavy atom. The first-order valence-corrected chi connectivity index (χ1v) is 8.94. The first-order valence-electron chi connectivity index (χ1n) is 8.06. The monoisotopic (exact) mass is 376 g/mol. The second-order valence-electron chi connectivity index (χ2n) is 5.22. The van der Waals surface area contributed by atoms with Gasteiger partial charge in [0, 0.05) is 5.69 Å². The van der Waals surface area contributed by atoms with Crippen LogP contribution in [0.2, 0.25) is 0 Å². The molecule has 0 spiro atoms. The Hall–Kier alpha value is -2.87. The third-order valence-electron chi connectivity index (χ3n) is 3.34. The molecule has 0 aliphatic rings. The van der Waals surface area contributed by atoms with Crippen molar-refractivity contribution in [2.24, 2.45) is 0 Å². The minimum absolute atomic E-state index is 0.257. The number of carbonyl (C=O) groups excluding carboxylic acids is 3. The zero-order valence-corrected chi connectivity index (χ0v) is 15.6. The van der Waals surface area contributed by atoms with Crippen molar-refractivity contribution in [1.29, 1.82) is 0 Å². The molecule has 0 radical (unpaired) electrons. The third-order valence-corrected chi connectivity index (χ3v) is 4.35. The maximum absolute atomic E-state index is 12.2. The highest BCUT2D eigenvalue weighted by Gasteiger charge is 2.19. The Bertz CT molecular complexity index is 798. The minimum Gasteiger partial charge on any atom is -0.462 e. The van der Waals surface area contributed by atoms with Gasteiger partial charge in [-0.25, -0.2) is 14.4 Å².